The summed E-state index contributed by atoms with van der Waals surface area (Å²) >= 11 is 0. The first-order chi connectivity index (χ1) is 18.4. The van der Waals surface area contributed by atoms with Gasteiger partial charge in [-0.15, -0.1) is 0 Å². The third-order valence-corrected chi connectivity index (χ3v) is 6.01. The van der Waals surface area contributed by atoms with E-state index >= 15 is 0 Å². The van der Waals surface area contributed by atoms with Crippen molar-refractivity contribution in [1.29, 1.82) is 0 Å². The van der Waals surface area contributed by atoms with Gasteiger partial charge in [-0.25, -0.2) is 9.80 Å². The summed E-state index contributed by atoms with van der Waals surface area (Å²) in [6.07, 6.45) is -2.94. The summed E-state index contributed by atoms with van der Waals surface area (Å²) in [5.74, 6) is -1.10. The second-order valence-electron chi connectivity index (χ2n) is 8.85. The zero-order valence-corrected chi connectivity index (χ0v) is 20.8. The fourth-order valence-corrected chi connectivity index (χ4v) is 3.96. The van der Waals surface area contributed by atoms with Gasteiger partial charge in [0.15, 0.2) is 6.61 Å². The van der Waals surface area contributed by atoms with Crippen LogP contribution in [0, 0.1) is 17.0 Å². The average molecular weight is 544 g/mol. The highest BCUT2D eigenvalue weighted by Crippen LogP contribution is 2.36. The van der Waals surface area contributed by atoms with Crippen LogP contribution >= 0.6 is 0 Å². The predicted molar refractivity (Wildman–Crippen MR) is 133 cm³/mol. The van der Waals surface area contributed by atoms with Crippen LogP contribution in [0.5, 0.6) is 0 Å². The van der Waals surface area contributed by atoms with Crippen molar-refractivity contribution < 1.29 is 36.8 Å². The number of hydrogen-bond acceptors (Lipinski definition) is 8. The Morgan fingerprint density at radius 1 is 1.23 bits per heavy atom. The number of carbonyl (C=O) groups excluding carboxylic acids is 2. The van der Waals surface area contributed by atoms with E-state index in [9.17, 15) is 32.9 Å². The van der Waals surface area contributed by atoms with E-state index in [0.29, 0.717) is 30.0 Å². The molecule has 1 amide bonds. The minimum atomic E-state index is -4.78. The van der Waals surface area contributed by atoms with Gasteiger partial charge in [0.2, 0.25) is 0 Å². The number of carbonyl (C=O) groups is 2. The van der Waals surface area contributed by atoms with Crippen molar-refractivity contribution >= 4 is 29.0 Å². The van der Waals surface area contributed by atoms with Gasteiger partial charge in [-0.05, 0) is 43.7 Å². The maximum absolute atomic E-state index is 13.0. The number of rotatable bonds is 8. The molecule has 0 spiro atoms. The average Bonchev–Trinajstić information content (AvgIpc) is 3.57. The highest BCUT2D eigenvalue weighted by Gasteiger charge is 2.36. The van der Waals surface area contributed by atoms with E-state index in [2.05, 4.69) is 10.4 Å². The maximum atomic E-state index is 13.0. The lowest BCUT2D eigenvalue weighted by Crippen LogP contribution is -2.34. The highest BCUT2D eigenvalue weighted by molar-refractivity contribution is 6.03. The summed E-state index contributed by atoms with van der Waals surface area (Å²) < 4.78 is 49.4. The molecule has 204 valence electrons. The molecule has 0 radical (unpaired) electrons. The first kappa shape index (κ1) is 27.4. The van der Waals surface area contributed by atoms with Crippen LogP contribution in [0.25, 0.3) is 0 Å². The van der Waals surface area contributed by atoms with Crippen molar-refractivity contribution in [3.8, 4) is 0 Å². The molecule has 0 unspecified atom stereocenters. The predicted octanol–water partition coefficient (Wildman–Crippen LogP) is 5.24. The van der Waals surface area contributed by atoms with Gasteiger partial charge in [0.1, 0.15) is 23.5 Å². The number of nitrogens with one attached hydrogen (secondary N) is 1. The molecule has 0 saturated carbocycles. The number of aryl methyl sites for hydroxylation is 1. The van der Waals surface area contributed by atoms with Crippen LogP contribution in [0.15, 0.2) is 70.4 Å². The molecule has 2 atom stereocenters. The quantitative estimate of drug-likeness (QED) is 0.234. The van der Waals surface area contributed by atoms with Gasteiger partial charge >= 0.3 is 12.1 Å². The Kier molecular flexibility index (Phi) is 7.70. The lowest BCUT2D eigenvalue weighted by atomic mass is 10.0. The van der Waals surface area contributed by atoms with Crippen molar-refractivity contribution in [2.75, 3.05) is 11.9 Å². The van der Waals surface area contributed by atoms with E-state index in [4.69, 9.17) is 9.15 Å². The normalized spacial score (nSPS) is 16.0. The van der Waals surface area contributed by atoms with Crippen molar-refractivity contribution in [2.24, 2.45) is 5.10 Å². The van der Waals surface area contributed by atoms with Crippen molar-refractivity contribution in [3.05, 3.63) is 93.4 Å². The molecular weight excluding hydrogens is 521 g/mol. The molecule has 0 aliphatic carbocycles. The van der Waals surface area contributed by atoms with Crippen molar-refractivity contribution in [1.82, 2.24) is 5.01 Å². The first-order valence-electron chi connectivity index (χ1n) is 11.7. The monoisotopic (exact) mass is 544 g/mol. The van der Waals surface area contributed by atoms with Gasteiger partial charge in [0.05, 0.1) is 22.5 Å². The summed E-state index contributed by atoms with van der Waals surface area (Å²) in [6.45, 7) is 2.55. The molecule has 0 saturated heterocycles. The van der Waals surface area contributed by atoms with Crippen LogP contribution < -0.4 is 5.32 Å². The molecule has 0 bridgehead atoms. The van der Waals surface area contributed by atoms with Gasteiger partial charge in [0.25, 0.3) is 11.6 Å². The topological polar surface area (TPSA) is 127 Å². The van der Waals surface area contributed by atoms with Gasteiger partial charge in [-0.3, -0.25) is 14.9 Å². The lowest BCUT2D eigenvalue weighted by molar-refractivity contribution is -0.384. The number of amides is 1. The number of ether oxygens (including phenoxy) is 1. The van der Waals surface area contributed by atoms with Crippen LogP contribution in [-0.4, -0.2) is 40.2 Å². The van der Waals surface area contributed by atoms with Crippen LogP contribution in [0.1, 0.15) is 41.8 Å². The Labute approximate surface area is 220 Å². The summed E-state index contributed by atoms with van der Waals surface area (Å²) in [5.41, 5.74) is 0.138. The van der Waals surface area contributed by atoms with Crippen LogP contribution in [0.3, 0.4) is 0 Å². The fourth-order valence-electron chi connectivity index (χ4n) is 3.96. The van der Waals surface area contributed by atoms with Gasteiger partial charge < -0.3 is 14.5 Å². The minimum Gasteiger partial charge on any atom is -0.467 e. The Bertz CT molecular complexity index is 1400. The number of nitro groups is 1. The molecule has 1 N–H and O–H groups in total. The van der Waals surface area contributed by atoms with Crippen LogP contribution in [-0.2, 0) is 20.5 Å². The van der Waals surface area contributed by atoms with E-state index in [-0.39, 0.29) is 5.69 Å². The minimum absolute atomic E-state index is 0.312. The summed E-state index contributed by atoms with van der Waals surface area (Å²) in [6, 6.07) is 11.1. The number of anilines is 1. The smallest absolute Gasteiger partial charge is 0.416 e. The highest BCUT2D eigenvalue weighted by atomic mass is 19.4. The van der Waals surface area contributed by atoms with E-state index in [1.54, 1.807) is 12.1 Å². The van der Waals surface area contributed by atoms with E-state index in [0.717, 1.165) is 17.2 Å². The molecular formula is C26H23F3N4O6. The van der Waals surface area contributed by atoms with Crippen LogP contribution in [0.2, 0.25) is 0 Å². The third kappa shape index (κ3) is 6.25. The Morgan fingerprint density at radius 3 is 2.56 bits per heavy atom. The van der Waals surface area contributed by atoms with Crippen LogP contribution in [0.4, 0.5) is 24.5 Å². The lowest BCUT2D eigenvalue weighted by Gasteiger charge is -2.20. The molecule has 2 heterocycles. The number of halogens is 3. The van der Waals surface area contributed by atoms with E-state index in [1.165, 1.54) is 18.2 Å². The second kappa shape index (κ2) is 11.0. The second-order valence-corrected chi connectivity index (χ2v) is 8.85. The Balaban J connectivity index is 1.44. The Morgan fingerprint density at radius 2 is 1.95 bits per heavy atom. The van der Waals surface area contributed by atoms with E-state index in [1.807, 2.05) is 31.2 Å². The van der Waals surface area contributed by atoms with Gasteiger partial charge in [-0.1, -0.05) is 29.8 Å². The standard InChI is InChI=1S/C26H23F3N4O6/c1-15-5-7-17(8-6-15)20-13-22(23-4-3-11-38-23)32(31-20)24(34)14-39-25(35)16(2)30-19-10-9-18(26(27,28)29)12-21(19)33(36)37/h3-12,16,22,30H,13-14H2,1-2H3/t16-,22-/m0/s1. The SMILES string of the molecule is Cc1ccc(C2=NN(C(=O)COC(=O)[C@H](C)Nc3ccc(C(F)(F)F)cc3[N+](=O)[O-])[C@H](c3ccco3)C2)cc1. The maximum Gasteiger partial charge on any atom is 0.416 e. The molecule has 1 aliphatic rings. The van der Waals surface area contributed by atoms with Gasteiger partial charge in [-0.2, -0.15) is 18.3 Å². The summed E-state index contributed by atoms with van der Waals surface area (Å²) in [7, 11) is 0. The van der Waals surface area contributed by atoms with Crippen molar-refractivity contribution in [2.45, 2.75) is 38.5 Å². The number of hydrogen-bond donors (Lipinski definition) is 1. The molecule has 2 aromatic carbocycles. The number of alkyl halides is 3. The fraction of sp³-hybridized carbons (Fsp3) is 0.269. The molecule has 1 aromatic heterocycles. The number of nitro benzene ring substituents is 1. The van der Waals surface area contributed by atoms with E-state index < -0.39 is 52.9 Å². The molecule has 39 heavy (non-hydrogen) atoms. The Hall–Kier alpha value is -4.68. The number of hydrazone groups is 1. The molecule has 10 nitrogen and oxygen atoms in total. The molecule has 4 rings (SSSR count). The summed E-state index contributed by atoms with van der Waals surface area (Å²) in [4.78, 5) is 35.9. The molecule has 3 aromatic rings. The number of esters is 1. The number of nitrogens with zero attached hydrogens (tertiary/aromatic N) is 3. The first-order valence-corrected chi connectivity index (χ1v) is 11.7. The van der Waals surface area contributed by atoms with Crippen molar-refractivity contribution in [3.63, 3.8) is 0 Å². The molecule has 1 aliphatic heterocycles. The molecule has 0 fully saturated rings. The zero-order valence-electron chi connectivity index (χ0n) is 20.8. The summed E-state index contributed by atoms with van der Waals surface area (Å²) in [5, 5.41) is 19.4. The molecule has 13 heteroatoms. The third-order valence-electron chi connectivity index (χ3n) is 6.01. The largest absolute Gasteiger partial charge is 0.467 e. The zero-order chi connectivity index (χ0) is 28.3. The number of benzene rings is 2. The number of furan rings is 1. The van der Waals surface area contributed by atoms with Gasteiger partial charge in [0, 0.05) is 12.5 Å².